The van der Waals surface area contributed by atoms with E-state index in [0.717, 1.165) is 4.74 Å². The van der Waals surface area contributed by atoms with Crippen LogP contribution in [0.5, 0.6) is 0 Å². The van der Waals surface area contributed by atoms with E-state index in [9.17, 15) is 9.77 Å². The summed E-state index contributed by atoms with van der Waals surface area (Å²) in [6.45, 7) is 8.79. The molecule has 1 atom stereocenters. The van der Waals surface area contributed by atoms with Crippen LogP contribution in [0.3, 0.4) is 0 Å². The van der Waals surface area contributed by atoms with Gasteiger partial charge in [-0.3, -0.25) is 4.57 Å². The van der Waals surface area contributed by atoms with Gasteiger partial charge in [0.15, 0.2) is 6.21 Å². The van der Waals surface area contributed by atoms with Crippen LogP contribution in [0.25, 0.3) is 0 Å². The Morgan fingerprint density at radius 2 is 1.76 bits per heavy atom. The van der Waals surface area contributed by atoms with Gasteiger partial charge in [0.1, 0.15) is 0 Å². The average Bonchev–Trinajstić information content (AvgIpc) is 2.45. The Labute approximate surface area is 103 Å². The maximum atomic E-state index is 12.9. The van der Waals surface area contributed by atoms with Gasteiger partial charge in [-0.1, -0.05) is 0 Å². The van der Waals surface area contributed by atoms with Gasteiger partial charge in [0.25, 0.3) is 5.28 Å². The van der Waals surface area contributed by atoms with Crippen molar-refractivity contribution in [3.63, 3.8) is 0 Å². The van der Waals surface area contributed by atoms with E-state index in [1.54, 1.807) is 34.6 Å². The second kappa shape index (κ2) is 5.09. The minimum Gasteiger partial charge on any atom is -0.623 e. The fourth-order valence-corrected chi connectivity index (χ4v) is 4.17. The Hall–Kier alpha value is -0.380. The van der Waals surface area contributed by atoms with Crippen molar-refractivity contribution in [2.45, 2.75) is 64.9 Å². The highest BCUT2D eigenvalue weighted by Gasteiger charge is 2.57. The lowest BCUT2D eigenvalue weighted by molar-refractivity contribution is -0.507. The van der Waals surface area contributed by atoms with E-state index in [1.807, 2.05) is 0 Å². The van der Waals surface area contributed by atoms with Crippen LogP contribution >= 0.6 is 7.60 Å². The first-order valence-electron chi connectivity index (χ1n) is 5.98. The number of rotatable bonds is 5. The van der Waals surface area contributed by atoms with Crippen LogP contribution in [0, 0.1) is 5.21 Å². The molecule has 0 aromatic carbocycles. The summed E-state index contributed by atoms with van der Waals surface area (Å²) in [6.07, 6.45) is 2.11. The van der Waals surface area contributed by atoms with Gasteiger partial charge in [-0.05, 0) is 27.7 Å². The van der Waals surface area contributed by atoms with E-state index in [-0.39, 0.29) is 12.2 Å². The molecule has 1 aliphatic heterocycles. The van der Waals surface area contributed by atoms with Gasteiger partial charge >= 0.3 is 7.60 Å². The standard InChI is InChI=1S/C11H22NO4P/c1-9(2)15-17(14,16-10(3)4)11(5)7-6-8-12(11)13/h8-10H,6-7H2,1-5H3. The molecule has 0 spiro atoms. The predicted octanol–water partition coefficient (Wildman–Crippen LogP) is 3.12. The molecule has 0 amide bonds. The quantitative estimate of drug-likeness (QED) is 0.434. The van der Waals surface area contributed by atoms with Crippen molar-refractivity contribution in [2.75, 3.05) is 0 Å². The molecular formula is C11H22NO4P. The Morgan fingerprint density at radius 1 is 1.29 bits per heavy atom. The van der Waals surface area contributed by atoms with Gasteiger partial charge in [-0.2, -0.15) is 4.74 Å². The molecular weight excluding hydrogens is 241 g/mol. The average molecular weight is 263 g/mol. The lowest BCUT2D eigenvalue weighted by atomic mass is 10.2. The van der Waals surface area contributed by atoms with Crippen molar-refractivity contribution in [3.05, 3.63) is 5.21 Å². The second-order valence-electron chi connectivity index (χ2n) is 5.07. The second-order valence-corrected chi connectivity index (χ2v) is 7.45. The Bertz CT molecular complexity index is 339. The van der Waals surface area contributed by atoms with Gasteiger partial charge in [0.2, 0.25) is 0 Å². The molecule has 1 heterocycles. The minimum absolute atomic E-state index is 0.245. The summed E-state index contributed by atoms with van der Waals surface area (Å²) in [5.41, 5.74) is 0. The third-order valence-corrected chi connectivity index (χ3v) is 5.68. The van der Waals surface area contributed by atoms with Crippen LogP contribution in [0.1, 0.15) is 47.5 Å². The first-order valence-corrected chi connectivity index (χ1v) is 7.52. The molecule has 5 nitrogen and oxygen atoms in total. The van der Waals surface area contributed by atoms with Gasteiger partial charge in [-0.15, -0.1) is 0 Å². The maximum Gasteiger partial charge on any atom is 0.402 e. The highest BCUT2D eigenvalue weighted by atomic mass is 31.2. The molecule has 0 aromatic rings. The summed E-state index contributed by atoms with van der Waals surface area (Å²) in [4.78, 5) is 0. The zero-order valence-corrected chi connectivity index (χ0v) is 12.1. The summed E-state index contributed by atoms with van der Waals surface area (Å²) in [7, 11) is -3.47. The lowest BCUT2D eigenvalue weighted by Crippen LogP contribution is -2.35. The van der Waals surface area contributed by atoms with Crippen molar-refractivity contribution in [3.8, 4) is 0 Å². The van der Waals surface area contributed by atoms with Crippen LogP contribution in [0.15, 0.2) is 0 Å². The number of hydrogen-bond donors (Lipinski definition) is 0. The fraction of sp³-hybridized carbons (Fsp3) is 0.909. The Morgan fingerprint density at radius 3 is 2.06 bits per heavy atom. The van der Waals surface area contributed by atoms with Gasteiger partial charge in [-0.25, -0.2) is 0 Å². The molecule has 0 fully saturated rings. The summed E-state index contributed by atoms with van der Waals surface area (Å²) in [5, 5.41) is 10.7. The molecule has 1 unspecified atom stereocenters. The SMILES string of the molecule is CC(C)OP(=O)(OC(C)C)C1(C)CCC=[N+]1[O-]. The summed E-state index contributed by atoms with van der Waals surface area (Å²) < 4.78 is 24.6. The minimum atomic E-state index is -3.47. The van der Waals surface area contributed by atoms with Crippen molar-refractivity contribution in [1.82, 2.24) is 0 Å². The number of hydroxylamine groups is 1. The van der Waals surface area contributed by atoms with Crippen molar-refractivity contribution >= 4 is 13.8 Å². The molecule has 0 saturated carbocycles. The Balaban J connectivity index is 3.06. The van der Waals surface area contributed by atoms with Crippen molar-refractivity contribution < 1.29 is 18.4 Å². The summed E-state index contributed by atoms with van der Waals surface area (Å²) in [5.74, 6) is 0. The monoisotopic (exact) mass is 263 g/mol. The predicted molar refractivity (Wildman–Crippen MR) is 67.4 cm³/mol. The molecule has 1 aliphatic rings. The third-order valence-electron chi connectivity index (χ3n) is 2.68. The third kappa shape index (κ3) is 2.90. The molecule has 0 aromatic heterocycles. The van der Waals surface area contributed by atoms with E-state index in [4.69, 9.17) is 9.05 Å². The smallest absolute Gasteiger partial charge is 0.402 e. The van der Waals surface area contributed by atoms with E-state index >= 15 is 0 Å². The highest BCUT2D eigenvalue weighted by molar-refractivity contribution is 7.55. The highest BCUT2D eigenvalue weighted by Crippen LogP contribution is 2.64. The van der Waals surface area contributed by atoms with Gasteiger partial charge in [0.05, 0.1) is 12.2 Å². The molecule has 6 heteroatoms. The molecule has 0 saturated heterocycles. The van der Waals surface area contributed by atoms with Crippen molar-refractivity contribution in [1.29, 1.82) is 0 Å². The van der Waals surface area contributed by atoms with E-state index in [2.05, 4.69) is 0 Å². The maximum absolute atomic E-state index is 12.9. The van der Waals surface area contributed by atoms with E-state index in [0.29, 0.717) is 12.8 Å². The summed E-state index contributed by atoms with van der Waals surface area (Å²) in [6, 6.07) is 0. The normalized spacial score (nSPS) is 25.7. The number of hydrogen-bond acceptors (Lipinski definition) is 4. The molecule has 17 heavy (non-hydrogen) atoms. The molecule has 0 aliphatic carbocycles. The molecule has 0 bridgehead atoms. The van der Waals surface area contributed by atoms with Crippen molar-refractivity contribution in [2.24, 2.45) is 0 Å². The van der Waals surface area contributed by atoms with Crippen LogP contribution in [-0.4, -0.2) is 28.4 Å². The largest absolute Gasteiger partial charge is 0.623 e. The zero-order valence-electron chi connectivity index (χ0n) is 11.2. The van der Waals surface area contributed by atoms with Crippen LogP contribution < -0.4 is 0 Å². The van der Waals surface area contributed by atoms with Crippen LogP contribution in [-0.2, 0) is 13.6 Å². The molecule has 0 radical (unpaired) electrons. The van der Waals surface area contributed by atoms with Gasteiger partial charge in [0, 0.05) is 19.8 Å². The fourth-order valence-electron chi connectivity index (χ4n) is 1.83. The topological polar surface area (TPSA) is 61.6 Å². The first kappa shape index (κ1) is 14.7. The lowest BCUT2D eigenvalue weighted by Gasteiger charge is -2.33. The molecule has 100 valence electrons. The Kier molecular flexibility index (Phi) is 4.39. The van der Waals surface area contributed by atoms with Gasteiger partial charge < -0.3 is 14.3 Å². The molecule has 0 N–H and O–H groups in total. The van der Waals surface area contributed by atoms with Crippen LogP contribution in [0.2, 0.25) is 0 Å². The zero-order chi connectivity index (χ0) is 13.3. The van der Waals surface area contributed by atoms with Crippen LogP contribution in [0.4, 0.5) is 0 Å². The molecule has 1 rings (SSSR count). The van der Waals surface area contributed by atoms with E-state index < -0.39 is 12.9 Å². The van der Waals surface area contributed by atoms with E-state index in [1.165, 1.54) is 6.21 Å². The summed E-state index contributed by atoms with van der Waals surface area (Å²) >= 11 is 0. The number of nitrogens with zero attached hydrogens (tertiary/aromatic N) is 1. The first-order chi connectivity index (χ1) is 7.71.